The summed E-state index contributed by atoms with van der Waals surface area (Å²) in [5, 5.41) is 4.58. The number of aryl methyl sites for hydroxylation is 1. The molecular weight excluding hydrogens is 242 g/mol. The second-order valence-corrected chi connectivity index (χ2v) is 6.22. The van der Waals surface area contributed by atoms with Gasteiger partial charge in [-0.25, -0.2) is 4.98 Å². The molecule has 0 atom stereocenters. The highest BCUT2D eigenvalue weighted by molar-refractivity contribution is 7.11. The molecule has 3 nitrogen and oxygen atoms in total. The van der Waals surface area contributed by atoms with E-state index in [9.17, 15) is 0 Å². The molecule has 0 unspecified atom stereocenters. The summed E-state index contributed by atoms with van der Waals surface area (Å²) < 4.78 is 0. The van der Waals surface area contributed by atoms with Crippen LogP contribution in [0.2, 0.25) is 0 Å². The van der Waals surface area contributed by atoms with Crippen LogP contribution < -0.4 is 5.32 Å². The molecule has 0 aliphatic carbocycles. The Labute approximate surface area is 115 Å². The zero-order chi connectivity index (χ0) is 12.8. The van der Waals surface area contributed by atoms with Crippen LogP contribution >= 0.6 is 11.3 Å². The van der Waals surface area contributed by atoms with Gasteiger partial charge in [0.25, 0.3) is 0 Å². The summed E-state index contributed by atoms with van der Waals surface area (Å²) in [7, 11) is 2.01. The van der Waals surface area contributed by atoms with Gasteiger partial charge in [0.1, 0.15) is 0 Å². The second kappa shape index (κ2) is 7.22. The van der Waals surface area contributed by atoms with E-state index >= 15 is 0 Å². The van der Waals surface area contributed by atoms with Crippen LogP contribution in [0.15, 0.2) is 0 Å². The average molecular weight is 267 g/mol. The van der Waals surface area contributed by atoms with Crippen molar-refractivity contribution in [1.29, 1.82) is 0 Å². The van der Waals surface area contributed by atoms with Gasteiger partial charge in [0, 0.05) is 24.4 Å². The Kier molecular flexibility index (Phi) is 5.60. The van der Waals surface area contributed by atoms with E-state index in [0.29, 0.717) is 0 Å². The molecule has 0 aromatic carbocycles. The van der Waals surface area contributed by atoms with E-state index in [1.165, 1.54) is 54.5 Å². The molecule has 0 bridgehead atoms. The van der Waals surface area contributed by atoms with Crippen LogP contribution in [0.25, 0.3) is 0 Å². The summed E-state index contributed by atoms with van der Waals surface area (Å²) in [6.07, 6.45) is 6.20. The van der Waals surface area contributed by atoms with E-state index in [1.54, 1.807) is 0 Å². The third-order valence-electron chi connectivity index (χ3n) is 3.49. The van der Waals surface area contributed by atoms with Crippen molar-refractivity contribution in [2.45, 2.75) is 45.6 Å². The maximum atomic E-state index is 4.83. The lowest BCUT2D eigenvalue weighted by molar-refractivity contribution is 0.343. The molecule has 102 valence electrons. The number of hydrogen-bond donors (Lipinski definition) is 1. The summed E-state index contributed by atoms with van der Waals surface area (Å²) in [6.45, 7) is 6.97. The minimum Gasteiger partial charge on any atom is -0.315 e. The molecule has 0 saturated carbocycles. The summed E-state index contributed by atoms with van der Waals surface area (Å²) in [5.41, 5.74) is 1.33. The third-order valence-corrected chi connectivity index (χ3v) is 4.64. The van der Waals surface area contributed by atoms with Gasteiger partial charge < -0.3 is 10.2 Å². The highest BCUT2D eigenvalue weighted by Crippen LogP contribution is 2.21. The van der Waals surface area contributed by atoms with Gasteiger partial charge in [0.05, 0.1) is 10.7 Å². The molecule has 1 aliphatic heterocycles. The zero-order valence-corrected chi connectivity index (χ0v) is 12.5. The number of nitrogens with one attached hydrogen (secondary N) is 1. The Morgan fingerprint density at radius 3 is 2.72 bits per heavy atom. The SMILES string of the molecule is CCCc1nc(CCN2CCCC2)sc1CNC. The molecule has 2 rings (SSSR count). The summed E-state index contributed by atoms with van der Waals surface area (Å²) in [5.74, 6) is 0. The van der Waals surface area contributed by atoms with E-state index in [-0.39, 0.29) is 0 Å². The Morgan fingerprint density at radius 1 is 1.28 bits per heavy atom. The first kappa shape index (κ1) is 14.0. The van der Waals surface area contributed by atoms with Gasteiger partial charge in [-0.1, -0.05) is 13.3 Å². The van der Waals surface area contributed by atoms with Crippen molar-refractivity contribution in [3.63, 3.8) is 0 Å². The van der Waals surface area contributed by atoms with Crippen LogP contribution in [0, 0.1) is 0 Å². The summed E-state index contributed by atoms with van der Waals surface area (Å²) in [6, 6.07) is 0. The molecule has 0 radical (unpaired) electrons. The monoisotopic (exact) mass is 267 g/mol. The molecule has 1 saturated heterocycles. The van der Waals surface area contributed by atoms with Crippen molar-refractivity contribution >= 4 is 11.3 Å². The van der Waals surface area contributed by atoms with Gasteiger partial charge in [0.2, 0.25) is 0 Å². The van der Waals surface area contributed by atoms with Crippen LogP contribution in [0.5, 0.6) is 0 Å². The molecule has 0 spiro atoms. The van der Waals surface area contributed by atoms with Gasteiger partial charge in [-0.05, 0) is 39.4 Å². The Balaban J connectivity index is 1.92. The van der Waals surface area contributed by atoms with Crippen molar-refractivity contribution in [2.24, 2.45) is 0 Å². The van der Waals surface area contributed by atoms with Gasteiger partial charge in [0.15, 0.2) is 0 Å². The molecule has 1 aliphatic rings. The second-order valence-electron chi connectivity index (χ2n) is 5.06. The lowest BCUT2D eigenvalue weighted by Crippen LogP contribution is -2.21. The minimum absolute atomic E-state index is 0.969. The van der Waals surface area contributed by atoms with E-state index in [4.69, 9.17) is 4.98 Å². The predicted octanol–water partition coefficient (Wildman–Crippen LogP) is 2.45. The van der Waals surface area contributed by atoms with Crippen molar-refractivity contribution in [1.82, 2.24) is 15.2 Å². The van der Waals surface area contributed by atoms with E-state index in [0.717, 1.165) is 19.4 Å². The largest absolute Gasteiger partial charge is 0.315 e. The van der Waals surface area contributed by atoms with Gasteiger partial charge >= 0.3 is 0 Å². The highest BCUT2D eigenvalue weighted by Gasteiger charge is 2.14. The number of aromatic nitrogens is 1. The highest BCUT2D eigenvalue weighted by atomic mass is 32.1. The Hall–Kier alpha value is -0.450. The first-order valence-corrected chi connectivity index (χ1v) is 7.99. The summed E-state index contributed by atoms with van der Waals surface area (Å²) in [4.78, 5) is 8.84. The number of likely N-dealkylation sites (tertiary alicyclic amines) is 1. The predicted molar refractivity (Wildman–Crippen MR) is 78.3 cm³/mol. The maximum absolute atomic E-state index is 4.83. The minimum atomic E-state index is 0.969. The molecule has 0 amide bonds. The Bertz CT molecular complexity index is 332. The molecule has 1 fully saturated rings. The van der Waals surface area contributed by atoms with Gasteiger partial charge in [-0.3, -0.25) is 0 Å². The standard InChI is InChI=1S/C14H25N3S/c1-3-6-12-13(11-15-2)18-14(16-12)7-10-17-8-4-5-9-17/h15H,3-11H2,1-2H3. The smallest absolute Gasteiger partial charge is 0.0944 e. The van der Waals surface area contributed by atoms with Crippen LogP contribution in [0.1, 0.15) is 41.8 Å². The van der Waals surface area contributed by atoms with E-state index < -0.39 is 0 Å². The maximum Gasteiger partial charge on any atom is 0.0944 e. The van der Waals surface area contributed by atoms with Crippen molar-refractivity contribution in [3.05, 3.63) is 15.6 Å². The number of nitrogens with zero attached hydrogens (tertiary/aromatic N) is 2. The summed E-state index contributed by atoms with van der Waals surface area (Å²) >= 11 is 1.91. The topological polar surface area (TPSA) is 28.2 Å². The number of thiazole rings is 1. The normalized spacial score (nSPS) is 16.6. The molecule has 1 N–H and O–H groups in total. The van der Waals surface area contributed by atoms with Crippen LogP contribution in [0.4, 0.5) is 0 Å². The van der Waals surface area contributed by atoms with Crippen LogP contribution in [-0.2, 0) is 19.4 Å². The van der Waals surface area contributed by atoms with Crippen LogP contribution in [0.3, 0.4) is 0 Å². The van der Waals surface area contributed by atoms with Crippen molar-refractivity contribution in [2.75, 3.05) is 26.7 Å². The van der Waals surface area contributed by atoms with Crippen molar-refractivity contribution in [3.8, 4) is 0 Å². The number of hydrogen-bond acceptors (Lipinski definition) is 4. The average Bonchev–Trinajstić information content (AvgIpc) is 2.98. The molecule has 18 heavy (non-hydrogen) atoms. The van der Waals surface area contributed by atoms with Crippen LogP contribution in [-0.4, -0.2) is 36.6 Å². The lowest BCUT2D eigenvalue weighted by Gasteiger charge is -2.12. The lowest BCUT2D eigenvalue weighted by atomic mass is 10.2. The zero-order valence-electron chi connectivity index (χ0n) is 11.7. The quantitative estimate of drug-likeness (QED) is 0.822. The molecule has 1 aromatic heterocycles. The first-order valence-electron chi connectivity index (χ1n) is 7.18. The van der Waals surface area contributed by atoms with Gasteiger partial charge in [-0.15, -0.1) is 11.3 Å². The fraction of sp³-hybridized carbons (Fsp3) is 0.786. The molecule has 2 heterocycles. The molecule has 1 aromatic rings. The molecule has 4 heteroatoms. The third kappa shape index (κ3) is 3.77. The fourth-order valence-electron chi connectivity index (χ4n) is 2.53. The van der Waals surface area contributed by atoms with E-state index in [1.807, 2.05) is 18.4 Å². The van der Waals surface area contributed by atoms with Crippen molar-refractivity contribution < 1.29 is 0 Å². The fourth-order valence-corrected chi connectivity index (χ4v) is 3.65. The number of rotatable bonds is 7. The molecular formula is C14H25N3S. The van der Waals surface area contributed by atoms with Gasteiger partial charge in [-0.2, -0.15) is 0 Å². The van der Waals surface area contributed by atoms with E-state index in [2.05, 4.69) is 17.1 Å². The Morgan fingerprint density at radius 2 is 2.06 bits per heavy atom. The first-order chi connectivity index (χ1) is 8.83.